The van der Waals surface area contributed by atoms with E-state index in [1.807, 2.05) is 6.07 Å². The van der Waals surface area contributed by atoms with Crippen molar-refractivity contribution in [3.63, 3.8) is 0 Å². The van der Waals surface area contributed by atoms with E-state index < -0.39 is 0 Å². The molecule has 72 valence electrons. The van der Waals surface area contributed by atoms with Gasteiger partial charge in [-0.1, -0.05) is 38.5 Å². The third-order valence-corrected chi connectivity index (χ3v) is 2.67. The molecule has 0 heterocycles. The van der Waals surface area contributed by atoms with Crippen LogP contribution in [0.3, 0.4) is 0 Å². The van der Waals surface area contributed by atoms with Crippen molar-refractivity contribution in [1.82, 2.24) is 0 Å². The molecule has 0 aliphatic rings. The molecule has 0 aliphatic heterocycles. The van der Waals surface area contributed by atoms with Crippen molar-refractivity contribution in [3.8, 4) is 0 Å². The highest BCUT2D eigenvalue weighted by atomic mass is 14.9. The summed E-state index contributed by atoms with van der Waals surface area (Å²) in [6.45, 7) is 6.75. The number of hydrogen-bond donors (Lipinski definition) is 1. The Bertz CT molecular complexity index is 230. The first-order valence-electron chi connectivity index (χ1n) is 5.05. The Kier molecular flexibility index (Phi) is 3.81. The van der Waals surface area contributed by atoms with Gasteiger partial charge in [0.15, 0.2) is 0 Å². The lowest BCUT2D eigenvalue weighted by Crippen LogP contribution is -2.22. The highest BCUT2D eigenvalue weighted by molar-refractivity contribution is 5.43. The normalized spacial score (nSPS) is 15.0. The Hall–Kier alpha value is -0.980. The third kappa shape index (κ3) is 3.10. The smallest absolute Gasteiger partial charge is 0.0342 e. The van der Waals surface area contributed by atoms with E-state index in [9.17, 15) is 0 Å². The van der Waals surface area contributed by atoms with Crippen LogP contribution in [-0.4, -0.2) is 6.04 Å². The number of anilines is 1. The van der Waals surface area contributed by atoms with Crippen molar-refractivity contribution >= 4 is 5.69 Å². The molecule has 1 N–H and O–H groups in total. The van der Waals surface area contributed by atoms with Gasteiger partial charge in [-0.15, -0.1) is 0 Å². The van der Waals surface area contributed by atoms with Crippen LogP contribution in [0.25, 0.3) is 0 Å². The molecule has 1 aromatic carbocycles. The van der Waals surface area contributed by atoms with Crippen LogP contribution in [0.2, 0.25) is 0 Å². The summed E-state index contributed by atoms with van der Waals surface area (Å²) < 4.78 is 0. The van der Waals surface area contributed by atoms with Gasteiger partial charge in [-0.2, -0.15) is 0 Å². The molecule has 0 radical (unpaired) electrons. The van der Waals surface area contributed by atoms with Gasteiger partial charge in [-0.3, -0.25) is 0 Å². The van der Waals surface area contributed by atoms with Crippen LogP contribution < -0.4 is 5.32 Å². The number of hydrogen-bond acceptors (Lipinski definition) is 1. The van der Waals surface area contributed by atoms with Crippen LogP contribution in [0, 0.1) is 5.92 Å². The Morgan fingerprint density at radius 2 is 1.77 bits per heavy atom. The van der Waals surface area contributed by atoms with Crippen molar-refractivity contribution in [2.75, 3.05) is 5.32 Å². The largest absolute Gasteiger partial charge is 0.382 e. The standard InChI is InChI=1S/C12H19N/c1-4-10(2)11(3)13-12-8-6-5-7-9-12/h5-11,13H,4H2,1-3H3/t10-,11+/m0/s1. The van der Waals surface area contributed by atoms with Gasteiger partial charge in [-0.25, -0.2) is 0 Å². The average molecular weight is 177 g/mol. The minimum atomic E-state index is 0.549. The van der Waals surface area contributed by atoms with Gasteiger partial charge >= 0.3 is 0 Å². The van der Waals surface area contributed by atoms with Crippen molar-refractivity contribution in [2.45, 2.75) is 33.2 Å². The van der Waals surface area contributed by atoms with E-state index in [4.69, 9.17) is 0 Å². The Morgan fingerprint density at radius 3 is 2.31 bits per heavy atom. The molecule has 13 heavy (non-hydrogen) atoms. The van der Waals surface area contributed by atoms with Gasteiger partial charge < -0.3 is 5.32 Å². The molecule has 0 amide bonds. The summed E-state index contributed by atoms with van der Waals surface area (Å²) in [4.78, 5) is 0. The van der Waals surface area contributed by atoms with Crippen LogP contribution in [0.15, 0.2) is 30.3 Å². The molecule has 0 bridgehead atoms. The Balaban J connectivity index is 2.50. The van der Waals surface area contributed by atoms with Crippen molar-refractivity contribution in [2.24, 2.45) is 5.92 Å². The van der Waals surface area contributed by atoms with E-state index in [1.165, 1.54) is 12.1 Å². The molecule has 0 saturated heterocycles. The van der Waals surface area contributed by atoms with Gasteiger partial charge in [0, 0.05) is 11.7 Å². The van der Waals surface area contributed by atoms with Crippen molar-refractivity contribution < 1.29 is 0 Å². The maximum Gasteiger partial charge on any atom is 0.0342 e. The molecule has 0 fully saturated rings. The molecular weight excluding hydrogens is 158 g/mol. The quantitative estimate of drug-likeness (QED) is 0.741. The molecule has 0 aliphatic carbocycles. The van der Waals surface area contributed by atoms with Crippen LogP contribution in [0.1, 0.15) is 27.2 Å². The fourth-order valence-electron chi connectivity index (χ4n) is 1.29. The molecule has 1 heteroatoms. The van der Waals surface area contributed by atoms with Gasteiger partial charge in [0.2, 0.25) is 0 Å². The van der Waals surface area contributed by atoms with Crippen LogP contribution in [-0.2, 0) is 0 Å². The van der Waals surface area contributed by atoms with Gasteiger partial charge in [0.1, 0.15) is 0 Å². The maximum absolute atomic E-state index is 3.49. The molecule has 0 aromatic heterocycles. The van der Waals surface area contributed by atoms with Crippen molar-refractivity contribution in [1.29, 1.82) is 0 Å². The molecule has 0 spiro atoms. The first-order valence-corrected chi connectivity index (χ1v) is 5.05. The van der Waals surface area contributed by atoms with Gasteiger partial charge in [-0.05, 0) is 25.0 Å². The molecule has 0 unspecified atom stereocenters. The third-order valence-electron chi connectivity index (χ3n) is 2.67. The zero-order valence-electron chi connectivity index (χ0n) is 8.75. The first-order chi connectivity index (χ1) is 6.24. The highest BCUT2D eigenvalue weighted by Gasteiger charge is 2.08. The fraction of sp³-hybridized carbons (Fsp3) is 0.500. The summed E-state index contributed by atoms with van der Waals surface area (Å²) in [7, 11) is 0. The number of para-hydroxylation sites is 1. The zero-order chi connectivity index (χ0) is 9.68. The summed E-state index contributed by atoms with van der Waals surface area (Å²) in [6, 6.07) is 10.9. The lowest BCUT2D eigenvalue weighted by molar-refractivity contribution is 0.494. The second kappa shape index (κ2) is 4.90. The van der Waals surface area contributed by atoms with E-state index >= 15 is 0 Å². The predicted molar refractivity (Wildman–Crippen MR) is 59.0 cm³/mol. The average Bonchev–Trinajstić information content (AvgIpc) is 2.18. The predicted octanol–water partition coefficient (Wildman–Crippen LogP) is 3.53. The second-order valence-corrected chi connectivity index (χ2v) is 3.68. The SMILES string of the molecule is CC[C@H](C)[C@@H](C)Nc1ccccc1. The van der Waals surface area contributed by atoms with Crippen molar-refractivity contribution in [3.05, 3.63) is 30.3 Å². The molecule has 1 aromatic rings. The minimum Gasteiger partial charge on any atom is -0.382 e. The number of rotatable bonds is 4. The summed E-state index contributed by atoms with van der Waals surface area (Å²) in [5.41, 5.74) is 1.22. The van der Waals surface area contributed by atoms with E-state index in [2.05, 4.69) is 50.4 Å². The van der Waals surface area contributed by atoms with Crippen LogP contribution in [0.5, 0.6) is 0 Å². The summed E-state index contributed by atoms with van der Waals surface area (Å²) in [6.07, 6.45) is 1.22. The topological polar surface area (TPSA) is 12.0 Å². The lowest BCUT2D eigenvalue weighted by Gasteiger charge is -2.20. The van der Waals surface area contributed by atoms with Gasteiger partial charge in [0.25, 0.3) is 0 Å². The summed E-state index contributed by atoms with van der Waals surface area (Å²) in [5, 5.41) is 3.49. The highest BCUT2D eigenvalue weighted by Crippen LogP contribution is 2.13. The molecule has 0 saturated carbocycles. The molecule has 2 atom stereocenters. The first kappa shape index (κ1) is 10.1. The van der Waals surface area contributed by atoms with E-state index in [1.54, 1.807) is 0 Å². The maximum atomic E-state index is 3.49. The monoisotopic (exact) mass is 177 g/mol. The van der Waals surface area contributed by atoms with E-state index in [0.29, 0.717) is 6.04 Å². The fourth-order valence-corrected chi connectivity index (χ4v) is 1.29. The number of benzene rings is 1. The van der Waals surface area contributed by atoms with E-state index in [0.717, 1.165) is 5.92 Å². The number of nitrogens with one attached hydrogen (secondary N) is 1. The second-order valence-electron chi connectivity index (χ2n) is 3.68. The Labute approximate surface area is 81.2 Å². The van der Waals surface area contributed by atoms with Crippen LogP contribution >= 0.6 is 0 Å². The lowest BCUT2D eigenvalue weighted by atomic mass is 10.0. The minimum absolute atomic E-state index is 0.549. The van der Waals surface area contributed by atoms with Gasteiger partial charge in [0.05, 0.1) is 0 Å². The molecular formula is C12H19N. The van der Waals surface area contributed by atoms with Crippen LogP contribution in [0.4, 0.5) is 5.69 Å². The van der Waals surface area contributed by atoms with E-state index in [-0.39, 0.29) is 0 Å². The zero-order valence-corrected chi connectivity index (χ0v) is 8.75. The summed E-state index contributed by atoms with van der Waals surface area (Å²) >= 11 is 0. The molecule has 1 rings (SSSR count). The summed E-state index contributed by atoms with van der Waals surface area (Å²) in [5.74, 6) is 0.722. The molecule has 1 nitrogen and oxygen atoms in total. The Morgan fingerprint density at radius 1 is 1.15 bits per heavy atom.